The lowest BCUT2D eigenvalue weighted by atomic mass is 9.87. The van der Waals surface area contributed by atoms with E-state index >= 15 is 0 Å². The minimum absolute atomic E-state index is 0.480. The molecule has 1 saturated heterocycles. The van der Waals surface area contributed by atoms with Gasteiger partial charge in [0.1, 0.15) is 5.73 Å². The van der Waals surface area contributed by atoms with Crippen LogP contribution in [0.3, 0.4) is 0 Å². The first-order valence-corrected chi connectivity index (χ1v) is 8.04. The third kappa shape index (κ3) is 3.28. The number of nitrogens with zero attached hydrogens (tertiary/aromatic N) is 1. The van der Waals surface area contributed by atoms with Crippen LogP contribution in [-0.4, -0.2) is 23.3 Å². The SMILES string of the molecule is CC1(C)OB(C(F)=Cc2cccc(-c3ccccc3)n2)OC1(C)C. The Morgan fingerprint density at radius 3 is 2.21 bits per heavy atom. The molecule has 3 nitrogen and oxygen atoms in total. The molecule has 0 unspecified atom stereocenters. The van der Waals surface area contributed by atoms with Crippen molar-refractivity contribution in [1.29, 1.82) is 0 Å². The van der Waals surface area contributed by atoms with E-state index in [4.69, 9.17) is 9.31 Å². The van der Waals surface area contributed by atoms with Gasteiger partial charge in [-0.1, -0.05) is 36.4 Å². The van der Waals surface area contributed by atoms with Crippen molar-refractivity contribution in [3.63, 3.8) is 0 Å². The highest BCUT2D eigenvalue weighted by atomic mass is 19.1. The molecular formula is C19H21BFNO2. The predicted molar refractivity (Wildman–Crippen MR) is 94.8 cm³/mol. The van der Waals surface area contributed by atoms with Crippen LogP contribution >= 0.6 is 0 Å². The number of benzene rings is 1. The largest absolute Gasteiger partial charge is 0.525 e. The first-order chi connectivity index (χ1) is 11.3. The lowest BCUT2D eigenvalue weighted by Gasteiger charge is -2.32. The maximum absolute atomic E-state index is 14.6. The third-order valence-electron chi connectivity index (χ3n) is 4.60. The highest BCUT2D eigenvalue weighted by Gasteiger charge is 2.53. The van der Waals surface area contributed by atoms with E-state index in [-0.39, 0.29) is 0 Å². The van der Waals surface area contributed by atoms with Crippen molar-refractivity contribution in [3.8, 4) is 11.3 Å². The summed E-state index contributed by atoms with van der Waals surface area (Å²) in [5.74, 6) is 0. The van der Waals surface area contributed by atoms with Crippen LogP contribution in [0.2, 0.25) is 0 Å². The van der Waals surface area contributed by atoms with Crippen molar-refractivity contribution < 1.29 is 13.7 Å². The Bertz CT molecular complexity index is 743. The molecule has 0 bridgehead atoms. The Morgan fingerprint density at radius 2 is 1.58 bits per heavy atom. The van der Waals surface area contributed by atoms with E-state index in [1.54, 1.807) is 6.07 Å². The van der Waals surface area contributed by atoms with E-state index in [9.17, 15) is 4.39 Å². The van der Waals surface area contributed by atoms with Gasteiger partial charge in [-0.2, -0.15) is 0 Å². The molecule has 24 heavy (non-hydrogen) atoms. The topological polar surface area (TPSA) is 31.4 Å². The minimum Gasteiger partial charge on any atom is -0.398 e. The fraction of sp³-hybridized carbons (Fsp3) is 0.316. The standard InChI is InChI=1S/C19H21BFNO2/c1-18(2)19(3,4)24-20(23-18)17(21)13-15-11-8-12-16(22-15)14-9-6-5-7-10-14/h5-13H,1-4H3. The fourth-order valence-corrected chi connectivity index (χ4v) is 2.47. The van der Waals surface area contributed by atoms with Crippen LogP contribution in [0.5, 0.6) is 0 Å². The smallest absolute Gasteiger partial charge is 0.398 e. The summed E-state index contributed by atoms with van der Waals surface area (Å²) in [4.78, 5) is 4.50. The molecule has 0 N–H and O–H groups in total. The average molecular weight is 325 g/mol. The lowest BCUT2D eigenvalue weighted by Crippen LogP contribution is -2.41. The van der Waals surface area contributed by atoms with Gasteiger partial charge in [-0.3, -0.25) is 0 Å². The minimum atomic E-state index is -1.00. The Balaban J connectivity index is 1.84. The molecule has 0 saturated carbocycles. The van der Waals surface area contributed by atoms with E-state index in [0.29, 0.717) is 5.69 Å². The summed E-state index contributed by atoms with van der Waals surface area (Å²) >= 11 is 0. The van der Waals surface area contributed by atoms with Gasteiger partial charge in [0.05, 0.1) is 22.6 Å². The molecular weight excluding hydrogens is 304 g/mol. The molecule has 5 heteroatoms. The molecule has 3 rings (SSSR count). The van der Waals surface area contributed by atoms with Crippen molar-refractivity contribution >= 4 is 13.2 Å². The zero-order chi connectivity index (χ0) is 17.4. The second-order valence-corrected chi connectivity index (χ2v) is 6.93. The van der Waals surface area contributed by atoms with Crippen molar-refractivity contribution in [3.05, 3.63) is 60.0 Å². The summed E-state index contributed by atoms with van der Waals surface area (Å²) in [5.41, 5.74) is 0.703. The van der Waals surface area contributed by atoms with Crippen molar-refractivity contribution in [2.24, 2.45) is 0 Å². The molecule has 1 fully saturated rings. The molecule has 1 aliphatic rings. The number of hydrogen-bond acceptors (Lipinski definition) is 3. The van der Waals surface area contributed by atoms with Gasteiger partial charge in [0, 0.05) is 5.56 Å². The molecule has 124 valence electrons. The molecule has 1 aromatic carbocycles. The molecule has 2 heterocycles. The zero-order valence-corrected chi connectivity index (χ0v) is 14.4. The molecule has 1 aliphatic heterocycles. The van der Waals surface area contributed by atoms with Gasteiger partial charge >= 0.3 is 7.12 Å². The van der Waals surface area contributed by atoms with E-state index in [2.05, 4.69) is 4.98 Å². The quantitative estimate of drug-likeness (QED) is 0.767. The normalized spacial score (nSPS) is 19.5. The molecule has 0 amide bonds. The molecule has 0 aliphatic carbocycles. The summed E-state index contributed by atoms with van der Waals surface area (Å²) in [6.45, 7) is 7.59. The Hall–Kier alpha value is -1.98. The number of rotatable bonds is 3. The summed E-state index contributed by atoms with van der Waals surface area (Å²) in [6.07, 6.45) is 1.37. The number of pyridine rings is 1. The van der Waals surface area contributed by atoms with Crippen LogP contribution in [0.15, 0.2) is 54.3 Å². The van der Waals surface area contributed by atoms with Gasteiger partial charge in [-0.25, -0.2) is 9.37 Å². The summed E-state index contributed by atoms with van der Waals surface area (Å²) in [7, 11) is -1.00. The fourth-order valence-electron chi connectivity index (χ4n) is 2.47. The number of hydrogen-bond donors (Lipinski definition) is 0. The van der Waals surface area contributed by atoms with Crippen molar-refractivity contribution in [2.45, 2.75) is 38.9 Å². The highest BCUT2D eigenvalue weighted by Crippen LogP contribution is 2.39. The van der Waals surface area contributed by atoms with Crippen LogP contribution in [0, 0.1) is 0 Å². The Kier molecular flexibility index (Phi) is 4.32. The van der Waals surface area contributed by atoms with Gasteiger partial charge in [0.2, 0.25) is 0 Å². The molecule has 0 spiro atoms. The highest BCUT2D eigenvalue weighted by molar-refractivity contribution is 6.54. The molecule has 1 aromatic heterocycles. The van der Waals surface area contributed by atoms with Gasteiger partial charge < -0.3 is 9.31 Å². The summed E-state index contributed by atoms with van der Waals surface area (Å²) in [5, 5.41) is 0. The van der Waals surface area contributed by atoms with E-state index in [1.165, 1.54) is 6.08 Å². The molecule has 0 radical (unpaired) electrons. The lowest BCUT2D eigenvalue weighted by molar-refractivity contribution is 0.00578. The number of halogens is 1. The zero-order valence-electron chi connectivity index (χ0n) is 14.4. The monoisotopic (exact) mass is 325 g/mol. The van der Waals surface area contributed by atoms with Gasteiger partial charge in [0.15, 0.2) is 0 Å². The van der Waals surface area contributed by atoms with Crippen LogP contribution in [0.1, 0.15) is 33.4 Å². The first-order valence-electron chi connectivity index (χ1n) is 8.04. The Labute approximate surface area is 142 Å². The first kappa shape index (κ1) is 16.9. The summed E-state index contributed by atoms with van der Waals surface area (Å²) < 4.78 is 26.0. The van der Waals surface area contributed by atoms with Crippen LogP contribution in [-0.2, 0) is 9.31 Å². The van der Waals surface area contributed by atoms with E-state index in [1.807, 2.05) is 70.2 Å². The van der Waals surface area contributed by atoms with Crippen LogP contribution < -0.4 is 0 Å². The maximum Gasteiger partial charge on any atom is 0.525 e. The van der Waals surface area contributed by atoms with Gasteiger partial charge in [0.25, 0.3) is 0 Å². The average Bonchev–Trinajstić information content (AvgIpc) is 2.77. The third-order valence-corrected chi connectivity index (χ3v) is 4.60. The summed E-state index contributed by atoms with van der Waals surface area (Å²) in [6, 6.07) is 15.3. The second-order valence-electron chi connectivity index (χ2n) is 6.93. The van der Waals surface area contributed by atoms with Gasteiger partial charge in [-0.15, -0.1) is 0 Å². The van der Waals surface area contributed by atoms with Crippen molar-refractivity contribution in [2.75, 3.05) is 0 Å². The second kappa shape index (κ2) is 6.15. The predicted octanol–water partition coefficient (Wildman–Crippen LogP) is 4.69. The van der Waals surface area contributed by atoms with Crippen molar-refractivity contribution in [1.82, 2.24) is 4.98 Å². The van der Waals surface area contributed by atoms with Crippen LogP contribution in [0.25, 0.3) is 17.3 Å². The van der Waals surface area contributed by atoms with E-state index in [0.717, 1.165) is 11.3 Å². The van der Waals surface area contributed by atoms with Gasteiger partial charge in [-0.05, 0) is 45.9 Å². The van der Waals surface area contributed by atoms with E-state index < -0.39 is 24.0 Å². The van der Waals surface area contributed by atoms with Crippen LogP contribution in [0.4, 0.5) is 4.39 Å². The molecule has 2 aromatic rings. The molecule has 0 atom stereocenters. The Morgan fingerprint density at radius 1 is 0.958 bits per heavy atom. The number of aromatic nitrogens is 1. The maximum atomic E-state index is 14.6.